The molecule has 2 heterocycles. The standard InChI is InChI=1S/C10H12BrNO2S/c11-9-5-7(6-15-9)10(14)12-3-1-8(13)2-4-12/h5-6,8,13H,1-4H2. The fraction of sp³-hybridized carbons (Fsp3) is 0.500. The van der Waals surface area contributed by atoms with Gasteiger partial charge in [0.1, 0.15) is 0 Å². The number of amides is 1. The number of halogens is 1. The van der Waals surface area contributed by atoms with E-state index in [1.807, 2.05) is 11.4 Å². The van der Waals surface area contributed by atoms with Crippen LogP contribution in [0.2, 0.25) is 0 Å². The molecule has 0 aromatic carbocycles. The Labute approximate surface area is 101 Å². The van der Waals surface area contributed by atoms with Gasteiger partial charge in [-0.1, -0.05) is 0 Å². The second kappa shape index (κ2) is 4.63. The first-order valence-electron chi connectivity index (χ1n) is 4.88. The van der Waals surface area contributed by atoms with Crippen LogP contribution in [0.3, 0.4) is 0 Å². The van der Waals surface area contributed by atoms with Crippen molar-refractivity contribution in [3.05, 3.63) is 20.8 Å². The van der Waals surface area contributed by atoms with Crippen molar-refractivity contribution in [1.29, 1.82) is 0 Å². The van der Waals surface area contributed by atoms with E-state index in [0.29, 0.717) is 25.9 Å². The molecule has 1 aromatic heterocycles. The maximum Gasteiger partial charge on any atom is 0.254 e. The lowest BCUT2D eigenvalue weighted by Gasteiger charge is -2.29. The first-order valence-corrected chi connectivity index (χ1v) is 6.55. The molecule has 2 rings (SSSR count). The topological polar surface area (TPSA) is 40.5 Å². The van der Waals surface area contributed by atoms with Gasteiger partial charge >= 0.3 is 0 Å². The normalized spacial score (nSPS) is 18.1. The molecule has 15 heavy (non-hydrogen) atoms. The summed E-state index contributed by atoms with van der Waals surface area (Å²) in [6.45, 7) is 1.32. The van der Waals surface area contributed by atoms with E-state index in [1.54, 1.807) is 4.90 Å². The van der Waals surface area contributed by atoms with Crippen molar-refractivity contribution in [3.63, 3.8) is 0 Å². The fourth-order valence-electron chi connectivity index (χ4n) is 1.67. The van der Waals surface area contributed by atoms with Crippen molar-refractivity contribution in [3.8, 4) is 0 Å². The molecule has 0 saturated carbocycles. The molecular weight excluding hydrogens is 278 g/mol. The molecule has 0 bridgehead atoms. The third-order valence-corrected chi connectivity index (χ3v) is 4.07. The van der Waals surface area contributed by atoms with Gasteiger partial charge in [0.05, 0.1) is 15.5 Å². The van der Waals surface area contributed by atoms with Crippen molar-refractivity contribution < 1.29 is 9.90 Å². The van der Waals surface area contributed by atoms with Crippen LogP contribution in [0.1, 0.15) is 23.2 Å². The molecule has 1 aromatic rings. The van der Waals surface area contributed by atoms with E-state index in [4.69, 9.17) is 0 Å². The van der Waals surface area contributed by atoms with Gasteiger partial charge in [-0.15, -0.1) is 11.3 Å². The molecule has 0 unspecified atom stereocenters. The molecule has 0 aliphatic carbocycles. The van der Waals surface area contributed by atoms with Crippen LogP contribution >= 0.6 is 27.3 Å². The van der Waals surface area contributed by atoms with Gasteiger partial charge in [-0.05, 0) is 34.8 Å². The van der Waals surface area contributed by atoms with E-state index in [-0.39, 0.29) is 12.0 Å². The van der Waals surface area contributed by atoms with E-state index >= 15 is 0 Å². The van der Waals surface area contributed by atoms with Crippen LogP contribution in [-0.4, -0.2) is 35.1 Å². The number of aliphatic hydroxyl groups excluding tert-OH is 1. The predicted octanol–water partition coefficient (Wildman–Crippen LogP) is 2.11. The minimum absolute atomic E-state index is 0.0730. The SMILES string of the molecule is O=C(c1csc(Br)c1)N1CCC(O)CC1. The van der Waals surface area contributed by atoms with Crippen molar-refractivity contribution in [2.45, 2.75) is 18.9 Å². The summed E-state index contributed by atoms with van der Waals surface area (Å²) in [6, 6.07) is 1.85. The van der Waals surface area contributed by atoms with Gasteiger partial charge in [0.2, 0.25) is 0 Å². The minimum atomic E-state index is -0.233. The highest BCUT2D eigenvalue weighted by atomic mass is 79.9. The van der Waals surface area contributed by atoms with E-state index in [1.165, 1.54) is 11.3 Å². The molecule has 1 saturated heterocycles. The van der Waals surface area contributed by atoms with Crippen LogP contribution in [-0.2, 0) is 0 Å². The molecule has 5 heteroatoms. The molecule has 3 nitrogen and oxygen atoms in total. The predicted molar refractivity (Wildman–Crippen MR) is 63.2 cm³/mol. The number of likely N-dealkylation sites (tertiary alicyclic amines) is 1. The summed E-state index contributed by atoms with van der Waals surface area (Å²) in [7, 11) is 0. The average molecular weight is 290 g/mol. The van der Waals surface area contributed by atoms with Crippen molar-refractivity contribution in [2.24, 2.45) is 0 Å². The number of hydrogen-bond donors (Lipinski definition) is 1. The van der Waals surface area contributed by atoms with Crippen LogP contribution in [0.4, 0.5) is 0 Å². The van der Waals surface area contributed by atoms with Gasteiger partial charge in [0.25, 0.3) is 5.91 Å². The smallest absolute Gasteiger partial charge is 0.254 e. The molecule has 1 aliphatic heterocycles. The Hall–Kier alpha value is -0.390. The summed E-state index contributed by atoms with van der Waals surface area (Å²) in [4.78, 5) is 13.8. The molecule has 0 spiro atoms. The van der Waals surface area contributed by atoms with Crippen molar-refractivity contribution in [1.82, 2.24) is 4.90 Å². The highest BCUT2D eigenvalue weighted by molar-refractivity contribution is 9.11. The fourth-order valence-corrected chi connectivity index (χ4v) is 2.80. The zero-order valence-electron chi connectivity index (χ0n) is 8.15. The van der Waals surface area contributed by atoms with Gasteiger partial charge in [-0.3, -0.25) is 4.79 Å². The highest BCUT2D eigenvalue weighted by Gasteiger charge is 2.22. The van der Waals surface area contributed by atoms with E-state index in [0.717, 1.165) is 9.35 Å². The Morgan fingerprint density at radius 2 is 2.20 bits per heavy atom. The zero-order valence-corrected chi connectivity index (χ0v) is 10.6. The van der Waals surface area contributed by atoms with Gasteiger partial charge in [0.15, 0.2) is 0 Å². The maximum absolute atomic E-state index is 11.9. The van der Waals surface area contributed by atoms with Crippen LogP contribution in [0, 0.1) is 0 Å². The van der Waals surface area contributed by atoms with Crippen molar-refractivity contribution >= 4 is 33.2 Å². The number of carbonyl (C=O) groups is 1. The second-order valence-electron chi connectivity index (χ2n) is 3.66. The molecule has 1 N–H and O–H groups in total. The lowest BCUT2D eigenvalue weighted by molar-refractivity contribution is 0.0547. The van der Waals surface area contributed by atoms with E-state index in [9.17, 15) is 9.90 Å². The Balaban J connectivity index is 2.02. The van der Waals surface area contributed by atoms with E-state index in [2.05, 4.69) is 15.9 Å². The molecule has 1 amide bonds. The van der Waals surface area contributed by atoms with Gasteiger partial charge < -0.3 is 10.0 Å². The average Bonchev–Trinajstić information content (AvgIpc) is 2.65. The monoisotopic (exact) mass is 289 g/mol. The summed E-state index contributed by atoms with van der Waals surface area (Å²) in [6.07, 6.45) is 1.15. The van der Waals surface area contributed by atoms with Crippen LogP contribution in [0.5, 0.6) is 0 Å². The Kier molecular flexibility index (Phi) is 3.43. The summed E-state index contributed by atoms with van der Waals surface area (Å²) in [5.74, 6) is 0.0730. The first-order chi connectivity index (χ1) is 7.16. The van der Waals surface area contributed by atoms with Gasteiger partial charge in [-0.2, -0.15) is 0 Å². The molecule has 82 valence electrons. The minimum Gasteiger partial charge on any atom is -0.393 e. The van der Waals surface area contributed by atoms with Gasteiger partial charge in [0, 0.05) is 18.5 Å². The van der Waals surface area contributed by atoms with E-state index < -0.39 is 0 Å². The third kappa shape index (κ3) is 2.59. The molecular formula is C10H12BrNO2S. The number of hydrogen-bond acceptors (Lipinski definition) is 3. The number of thiophene rings is 1. The van der Waals surface area contributed by atoms with Crippen molar-refractivity contribution in [2.75, 3.05) is 13.1 Å². The van der Waals surface area contributed by atoms with Crippen LogP contribution in [0.15, 0.2) is 15.2 Å². The van der Waals surface area contributed by atoms with Crippen LogP contribution < -0.4 is 0 Å². The largest absolute Gasteiger partial charge is 0.393 e. The first kappa shape index (κ1) is 11.1. The Morgan fingerprint density at radius 3 is 2.73 bits per heavy atom. The molecule has 1 aliphatic rings. The summed E-state index contributed by atoms with van der Waals surface area (Å²) in [5.41, 5.74) is 0.739. The second-order valence-corrected chi connectivity index (χ2v) is 5.95. The van der Waals surface area contributed by atoms with Gasteiger partial charge in [-0.25, -0.2) is 0 Å². The lowest BCUT2D eigenvalue weighted by Crippen LogP contribution is -2.39. The Morgan fingerprint density at radius 1 is 1.53 bits per heavy atom. The molecule has 0 atom stereocenters. The molecule has 1 fully saturated rings. The van der Waals surface area contributed by atoms with Crippen LogP contribution in [0.25, 0.3) is 0 Å². The zero-order chi connectivity index (χ0) is 10.8. The number of carbonyl (C=O) groups excluding carboxylic acids is 1. The number of nitrogens with zero attached hydrogens (tertiary/aromatic N) is 1. The third-order valence-electron chi connectivity index (χ3n) is 2.57. The highest BCUT2D eigenvalue weighted by Crippen LogP contribution is 2.22. The number of rotatable bonds is 1. The molecule has 0 radical (unpaired) electrons. The lowest BCUT2D eigenvalue weighted by atomic mass is 10.1. The summed E-state index contributed by atoms with van der Waals surface area (Å²) >= 11 is 4.86. The number of aliphatic hydroxyl groups is 1. The Bertz CT molecular complexity index is 358. The summed E-state index contributed by atoms with van der Waals surface area (Å²) < 4.78 is 0.975. The number of piperidine rings is 1. The maximum atomic E-state index is 11.9. The quantitative estimate of drug-likeness (QED) is 0.860. The summed E-state index contributed by atoms with van der Waals surface area (Å²) in [5, 5.41) is 11.2.